The molecule has 14 nitrogen and oxygen atoms in total. The average molecular weight is 947 g/mol. The van der Waals surface area contributed by atoms with Gasteiger partial charge in [0.15, 0.2) is 5.78 Å². The number of carbonyl (C=O) groups is 4. The fourth-order valence-corrected chi connectivity index (χ4v) is 12.3. The van der Waals surface area contributed by atoms with Gasteiger partial charge >= 0.3 is 10.2 Å². The van der Waals surface area contributed by atoms with E-state index in [0.717, 1.165) is 91.2 Å². The van der Waals surface area contributed by atoms with Gasteiger partial charge in [0.25, 0.3) is 5.91 Å². The number of fused-ring (bicyclic) bond motifs is 2. The van der Waals surface area contributed by atoms with Crippen molar-refractivity contribution in [3.05, 3.63) is 112 Å². The van der Waals surface area contributed by atoms with E-state index >= 15 is 4.39 Å². The maximum absolute atomic E-state index is 15.7. The van der Waals surface area contributed by atoms with Crippen molar-refractivity contribution in [2.45, 2.75) is 89.4 Å². The first-order valence-corrected chi connectivity index (χ1v) is 25.4. The van der Waals surface area contributed by atoms with Gasteiger partial charge in [-0.05, 0) is 129 Å². The number of carbonyl (C=O) groups excluding carboxylic acids is 4. The molecular formula is C51H56F2N8O6S. The maximum atomic E-state index is 15.7. The number of imide groups is 1. The van der Waals surface area contributed by atoms with Gasteiger partial charge in [-0.25, -0.2) is 13.8 Å². The number of piperidine rings is 3. The highest BCUT2D eigenvalue weighted by atomic mass is 32.2. The maximum Gasteiger partial charge on any atom is 0.301 e. The largest absolute Gasteiger partial charge is 0.372 e. The van der Waals surface area contributed by atoms with Gasteiger partial charge in [0.05, 0.1) is 11.3 Å². The number of ketones is 1. The van der Waals surface area contributed by atoms with Gasteiger partial charge in [0.1, 0.15) is 23.7 Å². The van der Waals surface area contributed by atoms with Crippen LogP contribution in [0.3, 0.4) is 0 Å². The summed E-state index contributed by atoms with van der Waals surface area (Å²) in [7, 11) is -4.13. The van der Waals surface area contributed by atoms with Crippen molar-refractivity contribution in [3.63, 3.8) is 0 Å². The Labute approximate surface area is 394 Å². The Morgan fingerprint density at radius 1 is 0.897 bits per heavy atom. The monoisotopic (exact) mass is 946 g/mol. The molecule has 3 N–H and O–H groups in total. The Morgan fingerprint density at radius 3 is 2.40 bits per heavy atom. The van der Waals surface area contributed by atoms with Gasteiger partial charge < -0.3 is 19.7 Å². The first kappa shape index (κ1) is 45.7. The number of H-pyrrole nitrogens is 1. The fraction of sp³-hybridized carbons (Fsp3) is 0.431. The summed E-state index contributed by atoms with van der Waals surface area (Å²) < 4.78 is 59.5. The smallest absolute Gasteiger partial charge is 0.301 e. The molecular weight excluding hydrogens is 891 g/mol. The molecule has 10 rings (SSSR count). The minimum atomic E-state index is -4.13. The van der Waals surface area contributed by atoms with Crippen LogP contribution in [0.5, 0.6) is 0 Å². The van der Waals surface area contributed by atoms with Gasteiger partial charge in [0.2, 0.25) is 11.8 Å². The molecule has 0 spiro atoms. The van der Waals surface area contributed by atoms with Crippen molar-refractivity contribution >= 4 is 56.1 Å². The lowest BCUT2D eigenvalue weighted by Crippen LogP contribution is -2.52. The highest BCUT2D eigenvalue weighted by molar-refractivity contribution is 7.90. The Morgan fingerprint density at radius 2 is 1.68 bits per heavy atom. The number of amides is 3. The Bertz CT molecular complexity index is 2890. The number of halogens is 2. The van der Waals surface area contributed by atoms with Gasteiger partial charge in [-0.2, -0.15) is 12.7 Å². The Balaban J connectivity index is 0.742. The van der Waals surface area contributed by atoms with Crippen molar-refractivity contribution in [1.82, 2.24) is 29.4 Å². The van der Waals surface area contributed by atoms with Crippen molar-refractivity contribution in [2.75, 3.05) is 55.4 Å². The third-order valence-corrected chi connectivity index (χ3v) is 16.2. The SMILES string of the molecule is CCCc1c(NS(=O)(=O)N2CC[C@@H](F)C2)ccc(F)c1C(=O)c1c[nH]c2ncc(-c3ccc(N4CCC(CN5CCC(c6ccc7c(c6)CN([C@H]6CCC(=O)NC6=O)C7=O)CC5)CC4)cc3)cc12. The number of anilines is 2. The minimum Gasteiger partial charge on any atom is -0.372 e. The van der Waals surface area contributed by atoms with E-state index in [9.17, 15) is 32.0 Å². The Kier molecular flexibility index (Phi) is 12.6. The lowest BCUT2D eigenvalue weighted by molar-refractivity contribution is -0.136. The second-order valence-electron chi connectivity index (χ2n) is 19.1. The summed E-state index contributed by atoms with van der Waals surface area (Å²) in [5, 5.41) is 2.89. The number of alkyl halides is 1. The highest BCUT2D eigenvalue weighted by Gasteiger charge is 2.40. The van der Waals surface area contributed by atoms with Crippen LogP contribution in [0.2, 0.25) is 0 Å². The van der Waals surface area contributed by atoms with E-state index in [1.165, 1.54) is 17.8 Å². The van der Waals surface area contributed by atoms with Crippen LogP contribution in [-0.4, -0.2) is 114 Å². The Hall–Kier alpha value is -6.04. The van der Waals surface area contributed by atoms with Crippen molar-refractivity contribution in [3.8, 4) is 11.1 Å². The van der Waals surface area contributed by atoms with Crippen LogP contribution in [0, 0.1) is 11.7 Å². The quantitative estimate of drug-likeness (QED) is 0.0824. The van der Waals surface area contributed by atoms with E-state index in [0.29, 0.717) is 47.8 Å². The molecule has 5 aliphatic heterocycles. The summed E-state index contributed by atoms with van der Waals surface area (Å²) in [6, 6.07) is 18.2. The number of aromatic amines is 1. The van der Waals surface area contributed by atoms with Crippen LogP contribution in [0.25, 0.3) is 22.2 Å². The van der Waals surface area contributed by atoms with Gasteiger partial charge in [0, 0.05) is 85.8 Å². The molecule has 3 aromatic carbocycles. The number of aromatic nitrogens is 2. The predicted octanol–water partition coefficient (Wildman–Crippen LogP) is 7.11. The van der Waals surface area contributed by atoms with Crippen LogP contribution in [0.4, 0.5) is 20.2 Å². The summed E-state index contributed by atoms with van der Waals surface area (Å²) in [4.78, 5) is 65.9. The summed E-state index contributed by atoms with van der Waals surface area (Å²) >= 11 is 0. The second kappa shape index (κ2) is 18.8. The van der Waals surface area contributed by atoms with Crippen LogP contribution in [0.15, 0.2) is 73.1 Å². The van der Waals surface area contributed by atoms with Crippen LogP contribution in [-0.2, 0) is 32.8 Å². The molecule has 5 aromatic rings. The standard InChI is InChI=1S/C51H56F2N8O6S/c1-2-3-40-44(57-68(66,67)60-23-18-37(52)30-60)11-10-43(53)47(40)48(63)42-27-55-49-41(42)25-35(26-54-49)32-4-7-38(8-5-32)59-21-14-31(15-22-59)28-58-19-16-33(17-20-58)34-6-9-39-36(24-34)29-61(51(39)65)45-12-13-46(62)56-50(45)64/h4-11,24-27,31,33,37,45,57H,2-3,12-23,28-30H2,1H3,(H,54,55)(H,56,62,64)/t37-,45+/m1/s1. The molecule has 0 aliphatic carbocycles. The fourth-order valence-electron chi connectivity index (χ4n) is 11.0. The van der Waals surface area contributed by atoms with Crippen molar-refractivity contribution < 1.29 is 36.4 Å². The molecule has 0 unspecified atom stereocenters. The number of nitrogens with zero attached hydrogens (tertiary/aromatic N) is 5. The van der Waals surface area contributed by atoms with Crippen molar-refractivity contribution in [1.29, 1.82) is 0 Å². The molecule has 4 saturated heterocycles. The van der Waals surface area contributed by atoms with Gasteiger partial charge in [-0.1, -0.05) is 37.6 Å². The number of benzene rings is 3. The van der Waals surface area contributed by atoms with Crippen molar-refractivity contribution in [2.24, 2.45) is 5.92 Å². The van der Waals surface area contributed by atoms with E-state index in [-0.39, 0.29) is 72.5 Å². The van der Waals surface area contributed by atoms with Crippen LogP contribution < -0.4 is 14.9 Å². The molecule has 17 heteroatoms. The molecule has 68 heavy (non-hydrogen) atoms. The van der Waals surface area contributed by atoms with Crippen LogP contribution >= 0.6 is 0 Å². The third kappa shape index (κ3) is 9.03. The molecule has 7 heterocycles. The minimum absolute atomic E-state index is 0.0337. The molecule has 4 fully saturated rings. The number of hydrogen-bond acceptors (Lipinski definition) is 9. The molecule has 0 radical (unpaired) electrons. The summed E-state index contributed by atoms with van der Waals surface area (Å²) in [6.07, 6.45) is 7.76. The molecule has 0 saturated carbocycles. The topological polar surface area (TPSA) is 168 Å². The highest BCUT2D eigenvalue weighted by Crippen LogP contribution is 2.36. The van der Waals surface area contributed by atoms with Crippen LogP contribution in [0.1, 0.15) is 107 Å². The van der Waals surface area contributed by atoms with E-state index in [1.54, 1.807) is 11.1 Å². The zero-order valence-electron chi connectivity index (χ0n) is 38.1. The normalized spacial score (nSPS) is 21.2. The number of rotatable bonds is 13. The molecule has 2 atom stereocenters. The van der Waals surface area contributed by atoms with E-state index in [1.807, 2.05) is 19.1 Å². The molecule has 0 bridgehead atoms. The summed E-state index contributed by atoms with van der Waals surface area (Å²) in [6.45, 7) is 7.09. The molecule has 5 aliphatic rings. The number of hydrogen-bond donors (Lipinski definition) is 3. The lowest BCUT2D eigenvalue weighted by atomic mass is 9.87. The molecule has 2 aromatic heterocycles. The number of pyridine rings is 1. The zero-order valence-corrected chi connectivity index (χ0v) is 38.9. The van der Waals surface area contributed by atoms with Gasteiger partial charge in [-0.3, -0.25) is 29.2 Å². The third-order valence-electron chi connectivity index (χ3n) is 14.7. The predicted molar refractivity (Wildman–Crippen MR) is 255 cm³/mol. The molecule has 3 amide bonds. The van der Waals surface area contributed by atoms with E-state index < -0.39 is 34.0 Å². The van der Waals surface area contributed by atoms with Gasteiger partial charge in [-0.15, -0.1) is 0 Å². The van der Waals surface area contributed by atoms with E-state index in [2.05, 4.69) is 66.2 Å². The number of nitrogens with one attached hydrogen (secondary N) is 3. The number of likely N-dealkylation sites (tertiary alicyclic amines) is 1. The average Bonchev–Trinajstić information content (AvgIpc) is 4.07. The summed E-state index contributed by atoms with van der Waals surface area (Å²) in [5.74, 6) is -1.14. The molecule has 356 valence electrons. The first-order valence-electron chi connectivity index (χ1n) is 23.9. The first-order chi connectivity index (χ1) is 32.8. The lowest BCUT2D eigenvalue weighted by Gasteiger charge is -2.38. The van der Waals surface area contributed by atoms with E-state index in [4.69, 9.17) is 0 Å². The summed E-state index contributed by atoms with van der Waals surface area (Å²) in [5.41, 5.74) is 6.51. The second-order valence-corrected chi connectivity index (χ2v) is 20.7. The zero-order chi connectivity index (χ0) is 47.3.